The Morgan fingerprint density at radius 1 is 1.32 bits per heavy atom. The number of hydrogen-bond acceptors (Lipinski definition) is 5. The van der Waals surface area contributed by atoms with E-state index in [0.717, 1.165) is 12.2 Å². The number of halogens is 1. The number of hydrogen-bond donors (Lipinski definition) is 1. The van der Waals surface area contributed by atoms with Crippen LogP contribution in [0.15, 0.2) is 39.8 Å². The van der Waals surface area contributed by atoms with Crippen LogP contribution in [0, 0.1) is 0 Å². The van der Waals surface area contributed by atoms with Crippen LogP contribution in [0.5, 0.6) is 0 Å². The molecule has 0 saturated heterocycles. The Hall–Kier alpha value is -1.04. The number of thioether (sulfide) groups is 1. The van der Waals surface area contributed by atoms with Crippen LogP contribution in [-0.2, 0) is 12.2 Å². The summed E-state index contributed by atoms with van der Waals surface area (Å²) in [5.41, 5.74) is 0. The molecule has 0 saturated carbocycles. The maximum absolute atomic E-state index is 5.22. The standard InChI is InChI=1S/C13H17N3OS.ClH/c1-10(14-2)8-12-15-13(17-16-12)9-18-11-6-4-3-5-7-11;/h3-7,10,14H,8-9H2,1-2H3;1H. The van der Waals surface area contributed by atoms with Crippen molar-refractivity contribution in [3.63, 3.8) is 0 Å². The zero-order chi connectivity index (χ0) is 12.8. The first-order chi connectivity index (χ1) is 8.78. The van der Waals surface area contributed by atoms with Gasteiger partial charge in [0.1, 0.15) is 0 Å². The summed E-state index contributed by atoms with van der Waals surface area (Å²) in [5.74, 6) is 2.16. The molecular formula is C13H18ClN3OS. The van der Waals surface area contributed by atoms with Crippen LogP contribution in [-0.4, -0.2) is 23.2 Å². The first-order valence-corrected chi connectivity index (χ1v) is 6.93. The van der Waals surface area contributed by atoms with Crippen molar-refractivity contribution in [1.29, 1.82) is 0 Å². The summed E-state index contributed by atoms with van der Waals surface area (Å²) in [6.45, 7) is 2.09. The average molecular weight is 300 g/mol. The fourth-order valence-electron chi connectivity index (χ4n) is 1.47. The van der Waals surface area contributed by atoms with E-state index in [9.17, 15) is 0 Å². The van der Waals surface area contributed by atoms with E-state index < -0.39 is 0 Å². The summed E-state index contributed by atoms with van der Waals surface area (Å²) in [7, 11) is 1.93. The Morgan fingerprint density at radius 2 is 2.05 bits per heavy atom. The van der Waals surface area contributed by atoms with Gasteiger partial charge in [-0.25, -0.2) is 0 Å². The van der Waals surface area contributed by atoms with Crippen molar-refractivity contribution in [2.75, 3.05) is 7.05 Å². The first kappa shape index (κ1) is 16.0. The Morgan fingerprint density at radius 3 is 2.74 bits per heavy atom. The summed E-state index contributed by atoms with van der Waals surface area (Å²) < 4.78 is 5.22. The molecule has 0 amide bonds. The topological polar surface area (TPSA) is 51.0 Å². The van der Waals surface area contributed by atoms with E-state index in [1.807, 2.05) is 25.2 Å². The molecule has 2 rings (SSSR count). The van der Waals surface area contributed by atoms with E-state index in [4.69, 9.17) is 4.52 Å². The Balaban J connectivity index is 0.00000180. The van der Waals surface area contributed by atoms with Crippen LogP contribution in [0.25, 0.3) is 0 Å². The fraction of sp³-hybridized carbons (Fsp3) is 0.385. The third-order valence-corrected chi connectivity index (χ3v) is 3.59. The molecule has 0 bridgehead atoms. The second kappa shape index (κ2) is 8.19. The largest absolute Gasteiger partial charge is 0.338 e. The van der Waals surface area contributed by atoms with Crippen LogP contribution in [0.4, 0.5) is 0 Å². The van der Waals surface area contributed by atoms with E-state index in [-0.39, 0.29) is 12.4 Å². The van der Waals surface area contributed by atoms with Crippen molar-refractivity contribution < 1.29 is 4.52 Å². The predicted molar refractivity (Wildman–Crippen MR) is 79.8 cm³/mol. The molecule has 1 heterocycles. The normalized spacial score (nSPS) is 11.9. The lowest BCUT2D eigenvalue weighted by Gasteiger charge is -2.04. The molecule has 6 heteroatoms. The monoisotopic (exact) mass is 299 g/mol. The maximum atomic E-state index is 5.22. The predicted octanol–water partition coefficient (Wildman–Crippen LogP) is 2.93. The lowest BCUT2D eigenvalue weighted by atomic mass is 10.2. The number of nitrogens with one attached hydrogen (secondary N) is 1. The Kier molecular flexibility index (Phi) is 6.91. The summed E-state index contributed by atoms with van der Waals surface area (Å²) in [4.78, 5) is 5.58. The zero-order valence-electron chi connectivity index (χ0n) is 11.0. The maximum Gasteiger partial charge on any atom is 0.237 e. The molecule has 1 aromatic carbocycles. The number of nitrogens with zero attached hydrogens (tertiary/aromatic N) is 2. The van der Waals surface area contributed by atoms with Gasteiger partial charge < -0.3 is 9.84 Å². The van der Waals surface area contributed by atoms with Gasteiger partial charge in [-0.15, -0.1) is 24.2 Å². The molecule has 0 aliphatic heterocycles. The molecule has 1 unspecified atom stereocenters. The van der Waals surface area contributed by atoms with Crippen molar-refractivity contribution in [2.24, 2.45) is 0 Å². The molecular weight excluding hydrogens is 282 g/mol. The smallest absolute Gasteiger partial charge is 0.237 e. The minimum absolute atomic E-state index is 0. The molecule has 1 aromatic heterocycles. The molecule has 4 nitrogen and oxygen atoms in total. The number of likely N-dealkylation sites (N-methyl/N-ethyl adjacent to an activating group) is 1. The highest BCUT2D eigenvalue weighted by molar-refractivity contribution is 7.98. The third-order valence-electron chi connectivity index (χ3n) is 2.60. The van der Waals surface area contributed by atoms with Gasteiger partial charge in [0.15, 0.2) is 5.82 Å². The van der Waals surface area contributed by atoms with Crippen LogP contribution in [0.3, 0.4) is 0 Å². The van der Waals surface area contributed by atoms with E-state index in [0.29, 0.717) is 17.7 Å². The van der Waals surface area contributed by atoms with Gasteiger partial charge in [0, 0.05) is 17.4 Å². The average Bonchev–Trinajstić information content (AvgIpc) is 2.85. The van der Waals surface area contributed by atoms with E-state index >= 15 is 0 Å². The lowest BCUT2D eigenvalue weighted by Crippen LogP contribution is -2.24. The highest BCUT2D eigenvalue weighted by atomic mass is 35.5. The van der Waals surface area contributed by atoms with Crippen molar-refractivity contribution in [1.82, 2.24) is 15.5 Å². The van der Waals surface area contributed by atoms with Gasteiger partial charge >= 0.3 is 0 Å². The van der Waals surface area contributed by atoms with Gasteiger partial charge in [0.25, 0.3) is 0 Å². The SMILES string of the molecule is CNC(C)Cc1noc(CSc2ccccc2)n1.Cl. The van der Waals surface area contributed by atoms with Crippen LogP contribution in [0.2, 0.25) is 0 Å². The van der Waals surface area contributed by atoms with Crippen molar-refractivity contribution in [3.05, 3.63) is 42.0 Å². The summed E-state index contributed by atoms with van der Waals surface area (Å²) in [5, 5.41) is 7.13. The van der Waals surface area contributed by atoms with Crippen LogP contribution < -0.4 is 5.32 Å². The number of aromatic nitrogens is 2. The lowest BCUT2D eigenvalue weighted by molar-refractivity contribution is 0.382. The number of benzene rings is 1. The second-order valence-corrected chi connectivity index (χ2v) is 5.15. The molecule has 0 fully saturated rings. The van der Waals surface area contributed by atoms with Gasteiger partial charge in [0.05, 0.1) is 5.75 Å². The fourth-order valence-corrected chi connectivity index (χ4v) is 2.23. The quantitative estimate of drug-likeness (QED) is 0.831. The minimum Gasteiger partial charge on any atom is -0.338 e. The zero-order valence-corrected chi connectivity index (χ0v) is 12.6. The molecule has 104 valence electrons. The van der Waals surface area contributed by atoms with E-state index in [1.54, 1.807) is 11.8 Å². The van der Waals surface area contributed by atoms with Crippen molar-refractivity contribution in [3.8, 4) is 0 Å². The minimum atomic E-state index is 0. The van der Waals surface area contributed by atoms with Gasteiger partial charge in [-0.05, 0) is 26.1 Å². The summed E-state index contributed by atoms with van der Waals surface area (Å²) >= 11 is 1.70. The summed E-state index contributed by atoms with van der Waals surface area (Å²) in [6, 6.07) is 10.6. The van der Waals surface area contributed by atoms with Crippen molar-refractivity contribution in [2.45, 2.75) is 30.0 Å². The van der Waals surface area contributed by atoms with Crippen molar-refractivity contribution >= 4 is 24.2 Å². The molecule has 0 aliphatic carbocycles. The van der Waals surface area contributed by atoms with Gasteiger partial charge in [-0.2, -0.15) is 4.98 Å². The Labute approximate surface area is 123 Å². The van der Waals surface area contributed by atoms with Crippen LogP contribution >= 0.6 is 24.2 Å². The molecule has 0 radical (unpaired) electrons. The van der Waals surface area contributed by atoms with E-state index in [2.05, 4.69) is 34.5 Å². The van der Waals surface area contributed by atoms with E-state index in [1.165, 1.54) is 4.90 Å². The molecule has 0 aliphatic rings. The highest BCUT2D eigenvalue weighted by Crippen LogP contribution is 2.21. The molecule has 1 atom stereocenters. The molecule has 2 aromatic rings. The molecule has 19 heavy (non-hydrogen) atoms. The molecule has 0 spiro atoms. The second-order valence-electron chi connectivity index (χ2n) is 4.10. The van der Waals surface area contributed by atoms with Gasteiger partial charge in [-0.1, -0.05) is 23.4 Å². The third kappa shape index (κ3) is 5.22. The van der Waals surface area contributed by atoms with Gasteiger partial charge in [0.2, 0.25) is 5.89 Å². The Bertz CT molecular complexity index is 478. The van der Waals surface area contributed by atoms with Crippen LogP contribution in [0.1, 0.15) is 18.6 Å². The number of rotatable bonds is 6. The molecule has 1 N–H and O–H groups in total. The van der Waals surface area contributed by atoms with Gasteiger partial charge in [-0.3, -0.25) is 0 Å². The highest BCUT2D eigenvalue weighted by Gasteiger charge is 2.09. The summed E-state index contributed by atoms with van der Waals surface area (Å²) in [6.07, 6.45) is 0.788. The first-order valence-electron chi connectivity index (χ1n) is 5.94.